The van der Waals surface area contributed by atoms with Crippen molar-refractivity contribution in [2.45, 2.75) is 136 Å². The highest BCUT2D eigenvalue weighted by Crippen LogP contribution is 2.24. The molecule has 2 amide bonds. The van der Waals surface area contributed by atoms with Gasteiger partial charge in [-0.05, 0) is 46.5 Å². The van der Waals surface area contributed by atoms with Gasteiger partial charge in [-0.25, -0.2) is 4.79 Å². The van der Waals surface area contributed by atoms with Crippen molar-refractivity contribution < 1.29 is 14.3 Å². The minimum atomic E-state index is -0.424. The first kappa shape index (κ1) is 34.9. The van der Waals surface area contributed by atoms with Crippen LogP contribution >= 0.6 is 0 Å². The molecule has 0 bridgehead atoms. The fourth-order valence-corrected chi connectivity index (χ4v) is 5.01. The molecule has 1 aromatic rings. The predicted molar refractivity (Wildman–Crippen MR) is 165 cm³/mol. The van der Waals surface area contributed by atoms with Gasteiger partial charge in [-0.15, -0.1) is 0 Å². The second kappa shape index (κ2) is 23.8. The fraction of sp³-hybridized carbons (Fsp3) is 0.758. The molecule has 0 radical (unpaired) electrons. The Kier molecular flexibility index (Phi) is 21.3. The van der Waals surface area contributed by atoms with Crippen LogP contribution < -0.4 is 10.2 Å². The zero-order chi connectivity index (χ0) is 28.6. The van der Waals surface area contributed by atoms with E-state index >= 15 is 0 Å². The van der Waals surface area contributed by atoms with Crippen LogP contribution in [0.3, 0.4) is 0 Å². The van der Waals surface area contributed by atoms with Crippen LogP contribution in [0.1, 0.15) is 129 Å². The van der Waals surface area contributed by atoms with E-state index in [0.29, 0.717) is 6.54 Å². The lowest BCUT2D eigenvalue weighted by Crippen LogP contribution is -2.33. The minimum Gasteiger partial charge on any atom is -0.445 e. The van der Waals surface area contributed by atoms with E-state index in [1.54, 1.807) is 4.90 Å². The number of nitrogens with zero attached hydrogens (tertiary/aromatic N) is 2. The molecule has 6 nitrogen and oxygen atoms in total. The second-order valence-electron chi connectivity index (χ2n) is 11.4. The maximum absolute atomic E-state index is 12.1. The largest absolute Gasteiger partial charge is 0.445 e. The van der Waals surface area contributed by atoms with Crippen LogP contribution in [0.4, 0.5) is 10.5 Å². The van der Waals surface area contributed by atoms with Gasteiger partial charge in [-0.3, -0.25) is 4.79 Å². The number of benzene rings is 1. The van der Waals surface area contributed by atoms with Gasteiger partial charge in [0, 0.05) is 18.2 Å². The van der Waals surface area contributed by atoms with Gasteiger partial charge < -0.3 is 19.9 Å². The van der Waals surface area contributed by atoms with Crippen molar-refractivity contribution in [1.29, 1.82) is 0 Å². The first-order valence-electron chi connectivity index (χ1n) is 15.9. The van der Waals surface area contributed by atoms with Crippen molar-refractivity contribution >= 4 is 18.2 Å². The lowest BCUT2D eigenvalue weighted by atomic mass is 10.0. The predicted octanol–water partition coefficient (Wildman–Crippen LogP) is 8.48. The van der Waals surface area contributed by atoms with Gasteiger partial charge in [0.15, 0.2) is 0 Å². The number of hydrogen-bond acceptors (Lipinski definition) is 4. The van der Waals surface area contributed by atoms with Crippen LogP contribution in [0.15, 0.2) is 24.3 Å². The third-order valence-electron chi connectivity index (χ3n) is 7.49. The summed E-state index contributed by atoms with van der Waals surface area (Å²) in [6.07, 6.45) is 22.6. The second-order valence-corrected chi connectivity index (χ2v) is 11.4. The normalized spacial score (nSPS) is 11.9. The highest BCUT2D eigenvalue weighted by atomic mass is 16.5. The number of nitrogens with one attached hydrogen (secondary N) is 1. The summed E-state index contributed by atoms with van der Waals surface area (Å²) >= 11 is 0. The number of carbonyl (C=O) groups is 2. The molecule has 39 heavy (non-hydrogen) atoms. The smallest absolute Gasteiger partial charge is 0.407 e. The number of alkyl carbamates (subject to hydrolysis) is 1. The quantitative estimate of drug-likeness (QED) is 0.0988. The molecule has 0 saturated carbocycles. The Balaban J connectivity index is 2.22. The molecule has 0 saturated heterocycles. The van der Waals surface area contributed by atoms with Gasteiger partial charge in [0.05, 0.1) is 5.69 Å². The lowest BCUT2D eigenvalue weighted by molar-refractivity contribution is -0.107. The van der Waals surface area contributed by atoms with E-state index in [4.69, 9.17) is 4.74 Å². The molecule has 0 aliphatic rings. The monoisotopic (exact) mass is 545 g/mol. The summed E-state index contributed by atoms with van der Waals surface area (Å²) in [5.41, 5.74) is 1.66. The van der Waals surface area contributed by atoms with Gasteiger partial charge >= 0.3 is 6.09 Å². The highest BCUT2D eigenvalue weighted by molar-refractivity contribution is 5.78. The van der Waals surface area contributed by atoms with E-state index in [0.717, 1.165) is 43.5 Å². The maximum atomic E-state index is 12.1. The van der Waals surface area contributed by atoms with Crippen LogP contribution in [0, 0.1) is 0 Å². The molecule has 1 rings (SSSR count). The molecule has 1 unspecified atom stereocenters. The van der Waals surface area contributed by atoms with Crippen molar-refractivity contribution in [1.82, 2.24) is 10.2 Å². The Hall–Kier alpha value is -2.08. The third-order valence-corrected chi connectivity index (χ3v) is 7.49. The molecule has 0 aliphatic carbocycles. The number of hydrogen-bond donors (Lipinski definition) is 1. The average molecular weight is 546 g/mol. The van der Waals surface area contributed by atoms with Crippen LogP contribution in [0.25, 0.3) is 0 Å². The Morgan fingerprint density at radius 1 is 0.846 bits per heavy atom. The zero-order valence-electron chi connectivity index (χ0n) is 25.7. The molecule has 1 aromatic carbocycles. The molecule has 0 aliphatic heterocycles. The summed E-state index contributed by atoms with van der Waals surface area (Å²) in [6, 6.07) is 7.80. The number of para-hydroxylation sites is 1. The van der Waals surface area contributed by atoms with Gasteiger partial charge in [0.1, 0.15) is 6.61 Å². The van der Waals surface area contributed by atoms with Crippen molar-refractivity contribution in [3.05, 3.63) is 29.8 Å². The topological polar surface area (TPSA) is 61.9 Å². The van der Waals surface area contributed by atoms with E-state index in [9.17, 15) is 9.59 Å². The molecule has 0 spiro atoms. The number of carbonyl (C=O) groups excluding carboxylic acids is 2. The molecular weight excluding hydrogens is 486 g/mol. The number of rotatable bonds is 25. The molecule has 224 valence electrons. The van der Waals surface area contributed by atoms with Crippen LogP contribution in [0.5, 0.6) is 0 Å². The van der Waals surface area contributed by atoms with Crippen LogP contribution in [0.2, 0.25) is 0 Å². The molecule has 6 heteroatoms. The fourth-order valence-electron chi connectivity index (χ4n) is 5.01. The van der Waals surface area contributed by atoms with Gasteiger partial charge in [-0.1, -0.05) is 121 Å². The summed E-state index contributed by atoms with van der Waals surface area (Å²) in [5, 5.41) is 2.79. The van der Waals surface area contributed by atoms with E-state index in [1.165, 1.54) is 89.9 Å². The van der Waals surface area contributed by atoms with Crippen LogP contribution in [-0.4, -0.2) is 50.6 Å². The minimum absolute atomic E-state index is 0.102. The standard InChI is InChI=1S/C33H59N3O3/c1-5-6-7-8-9-10-11-12-13-14-15-16-17-18-19-23-30(2)36(29-37)32-25-21-20-24-31(32)28-39-33(38)34-26-22-27-35(3)4/h20-21,24-25,29-30H,5-19,22-23,26-28H2,1-4H3,(H,34,38). The SMILES string of the molecule is CCCCCCCCCCCCCCCCCC(C)N(C=O)c1ccccc1COC(=O)NCCCN(C)C. The number of anilines is 1. The summed E-state index contributed by atoms with van der Waals surface area (Å²) in [4.78, 5) is 28.0. The van der Waals surface area contributed by atoms with E-state index in [-0.39, 0.29) is 12.6 Å². The van der Waals surface area contributed by atoms with E-state index in [1.807, 2.05) is 38.4 Å². The molecule has 1 N–H and O–H groups in total. The van der Waals surface area contributed by atoms with Crippen molar-refractivity contribution in [2.24, 2.45) is 0 Å². The van der Waals surface area contributed by atoms with Crippen molar-refractivity contribution in [2.75, 3.05) is 32.1 Å². The summed E-state index contributed by atoms with van der Waals surface area (Å²) in [5.74, 6) is 0. The van der Waals surface area contributed by atoms with Gasteiger partial charge in [0.2, 0.25) is 6.41 Å². The first-order chi connectivity index (χ1) is 19.0. The van der Waals surface area contributed by atoms with Gasteiger partial charge in [-0.2, -0.15) is 0 Å². The Morgan fingerprint density at radius 2 is 1.38 bits per heavy atom. The summed E-state index contributed by atoms with van der Waals surface area (Å²) in [7, 11) is 4.02. The molecule has 0 heterocycles. The zero-order valence-corrected chi connectivity index (χ0v) is 25.7. The molecule has 0 aromatic heterocycles. The van der Waals surface area contributed by atoms with Crippen LogP contribution in [-0.2, 0) is 16.1 Å². The lowest BCUT2D eigenvalue weighted by Gasteiger charge is -2.27. The third kappa shape index (κ3) is 18.0. The molecule has 1 atom stereocenters. The van der Waals surface area contributed by atoms with Crippen molar-refractivity contribution in [3.63, 3.8) is 0 Å². The van der Waals surface area contributed by atoms with E-state index in [2.05, 4.69) is 24.1 Å². The number of amides is 2. The Labute approximate surface area is 240 Å². The first-order valence-corrected chi connectivity index (χ1v) is 15.9. The Bertz CT molecular complexity index is 741. The van der Waals surface area contributed by atoms with Crippen molar-refractivity contribution in [3.8, 4) is 0 Å². The number of unbranched alkanes of at least 4 members (excludes halogenated alkanes) is 14. The highest BCUT2D eigenvalue weighted by Gasteiger charge is 2.17. The average Bonchev–Trinajstić information content (AvgIpc) is 2.93. The molecule has 0 fully saturated rings. The molecular formula is C33H59N3O3. The van der Waals surface area contributed by atoms with E-state index < -0.39 is 6.09 Å². The summed E-state index contributed by atoms with van der Waals surface area (Å²) in [6.45, 7) is 6.02. The Morgan fingerprint density at radius 3 is 1.92 bits per heavy atom. The number of ether oxygens (including phenoxy) is 1. The maximum Gasteiger partial charge on any atom is 0.407 e. The summed E-state index contributed by atoms with van der Waals surface area (Å²) < 4.78 is 5.43. The van der Waals surface area contributed by atoms with Gasteiger partial charge in [0.25, 0.3) is 0 Å².